The molecule has 0 bridgehead atoms. The summed E-state index contributed by atoms with van der Waals surface area (Å²) in [5.41, 5.74) is 9.12. The standard InChI is InChI=1S/C12H11BrN4O/c1-6-15-8-4-3-7(5-9(8)18-6)10-11(13)17(2)12(14)16-10/h3-5H,1-2H3,(H2,14,16). The minimum Gasteiger partial charge on any atom is -0.441 e. The lowest BCUT2D eigenvalue weighted by Crippen LogP contribution is -1.96. The summed E-state index contributed by atoms with van der Waals surface area (Å²) in [6.45, 7) is 1.83. The molecule has 3 rings (SSSR count). The van der Waals surface area contributed by atoms with Gasteiger partial charge in [-0.15, -0.1) is 0 Å². The first-order valence-corrected chi connectivity index (χ1v) is 6.21. The Labute approximate surface area is 112 Å². The Kier molecular flexibility index (Phi) is 2.41. The summed E-state index contributed by atoms with van der Waals surface area (Å²) < 4.78 is 8.14. The van der Waals surface area contributed by atoms with Crippen molar-refractivity contribution < 1.29 is 4.42 Å². The largest absolute Gasteiger partial charge is 0.441 e. The quantitative estimate of drug-likeness (QED) is 0.750. The number of aromatic nitrogens is 3. The summed E-state index contributed by atoms with van der Waals surface area (Å²) in [7, 11) is 1.85. The van der Waals surface area contributed by atoms with Crippen molar-refractivity contribution >= 4 is 33.0 Å². The zero-order valence-corrected chi connectivity index (χ0v) is 11.5. The smallest absolute Gasteiger partial charge is 0.201 e. The van der Waals surface area contributed by atoms with Gasteiger partial charge in [0, 0.05) is 19.5 Å². The van der Waals surface area contributed by atoms with Crippen molar-refractivity contribution in [1.82, 2.24) is 14.5 Å². The molecular weight excluding hydrogens is 296 g/mol. The number of fused-ring (bicyclic) bond motifs is 1. The average Bonchev–Trinajstić information content (AvgIpc) is 2.82. The molecule has 0 radical (unpaired) electrons. The molecule has 0 fully saturated rings. The summed E-state index contributed by atoms with van der Waals surface area (Å²) in [4.78, 5) is 8.59. The van der Waals surface area contributed by atoms with Gasteiger partial charge in [0.1, 0.15) is 15.8 Å². The van der Waals surface area contributed by atoms with E-state index in [9.17, 15) is 0 Å². The van der Waals surface area contributed by atoms with Gasteiger partial charge >= 0.3 is 0 Å². The lowest BCUT2D eigenvalue weighted by atomic mass is 10.1. The minimum atomic E-state index is 0.464. The molecule has 2 aromatic heterocycles. The van der Waals surface area contributed by atoms with Gasteiger partial charge in [0.2, 0.25) is 5.95 Å². The third-order valence-electron chi connectivity index (χ3n) is 2.83. The molecule has 0 aliphatic rings. The molecule has 92 valence electrons. The van der Waals surface area contributed by atoms with Crippen LogP contribution in [0.15, 0.2) is 27.2 Å². The van der Waals surface area contributed by atoms with E-state index in [0.717, 1.165) is 27.0 Å². The van der Waals surface area contributed by atoms with E-state index >= 15 is 0 Å². The number of nitrogen functional groups attached to an aromatic ring is 1. The van der Waals surface area contributed by atoms with Gasteiger partial charge in [-0.25, -0.2) is 9.97 Å². The van der Waals surface area contributed by atoms with Gasteiger partial charge in [-0.3, -0.25) is 0 Å². The second-order valence-electron chi connectivity index (χ2n) is 4.08. The molecule has 0 saturated heterocycles. The Balaban J connectivity index is 2.21. The van der Waals surface area contributed by atoms with Crippen LogP contribution in [0.3, 0.4) is 0 Å². The fourth-order valence-electron chi connectivity index (χ4n) is 1.87. The third-order valence-corrected chi connectivity index (χ3v) is 3.74. The molecule has 18 heavy (non-hydrogen) atoms. The Morgan fingerprint density at radius 2 is 2.11 bits per heavy atom. The van der Waals surface area contributed by atoms with Crippen molar-refractivity contribution in [2.75, 3.05) is 5.73 Å². The van der Waals surface area contributed by atoms with Gasteiger partial charge in [-0.2, -0.15) is 0 Å². The first-order chi connectivity index (χ1) is 8.56. The molecule has 0 spiro atoms. The molecular formula is C12H11BrN4O. The zero-order chi connectivity index (χ0) is 12.9. The average molecular weight is 307 g/mol. The first-order valence-electron chi connectivity index (χ1n) is 5.41. The Morgan fingerprint density at radius 1 is 1.33 bits per heavy atom. The van der Waals surface area contributed by atoms with E-state index in [2.05, 4.69) is 25.9 Å². The molecule has 6 heteroatoms. The number of imidazole rings is 1. The number of nitrogens with two attached hydrogens (primary N) is 1. The van der Waals surface area contributed by atoms with E-state index in [1.165, 1.54) is 0 Å². The lowest BCUT2D eigenvalue weighted by Gasteiger charge is -1.98. The van der Waals surface area contributed by atoms with Crippen LogP contribution in [-0.4, -0.2) is 14.5 Å². The summed E-state index contributed by atoms with van der Waals surface area (Å²) in [5, 5.41) is 0. The van der Waals surface area contributed by atoms with Gasteiger partial charge in [0.25, 0.3) is 0 Å². The van der Waals surface area contributed by atoms with Crippen LogP contribution in [0.2, 0.25) is 0 Å². The second-order valence-corrected chi connectivity index (χ2v) is 4.83. The molecule has 0 aliphatic carbocycles. The van der Waals surface area contributed by atoms with Crippen LogP contribution in [0.4, 0.5) is 5.95 Å². The molecule has 5 nitrogen and oxygen atoms in total. The molecule has 2 heterocycles. The zero-order valence-electron chi connectivity index (χ0n) is 9.94. The van der Waals surface area contributed by atoms with Crippen LogP contribution in [0.25, 0.3) is 22.4 Å². The number of nitrogens with zero attached hydrogens (tertiary/aromatic N) is 3. The van der Waals surface area contributed by atoms with Crippen molar-refractivity contribution in [3.8, 4) is 11.3 Å². The topological polar surface area (TPSA) is 69.9 Å². The third kappa shape index (κ3) is 1.60. The number of hydrogen-bond donors (Lipinski definition) is 1. The number of rotatable bonds is 1. The van der Waals surface area contributed by atoms with E-state index in [0.29, 0.717) is 11.8 Å². The van der Waals surface area contributed by atoms with Gasteiger partial charge in [0.05, 0.1) is 0 Å². The Morgan fingerprint density at radius 3 is 2.78 bits per heavy atom. The van der Waals surface area contributed by atoms with Crippen LogP contribution < -0.4 is 5.73 Å². The predicted molar refractivity (Wildman–Crippen MR) is 73.1 cm³/mol. The van der Waals surface area contributed by atoms with Gasteiger partial charge in [0.15, 0.2) is 11.5 Å². The lowest BCUT2D eigenvalue weighted by molar-refractivity contribution is 0.561. The van der Waals surface area contributed by atoms with Gasteiger partial charge < -0.3 is 14.7 Å². The summed E-state index contributed by atoms with van der Waals surface area (Å²) in [6.07, 6.45) is 0. The van der Waals surface area contributed by atoms with Crippen molar-refractivity contribution in [3.05, 3.63) is 28.7 Å². The summed E-state index contributed by atoms with van der Waals surface area (Å²) in [6, 6.07) is 5.79. The highest BCUT2D eigenvalue weighted by Crippen LogP contribution is 2.31. The molecule has 0 saturated carbocycles. The van der Waals surface area contributed by atoms with Crippen LogP contribution in [0.5, 0.6) is 0 Å². The van der Waals surface area contributed by atoms with Crippen LogP contribution in [0, 0.1) is 6.92 Å². The maximum absolute atomic E-state index is 5.78. The van der Waals surface area contributed by atoms with Gasteiger partial charge in [-0.1, -0.05) is 6.07 Å². The highest BCUT2D eigenvalue weighted by molar-refractivity contribution is 9.10. The number of benzene rings is 1. The number of aryl methyl sites for hydroxylation is 1. The predicted octanol–water partition coefficient (Wildman–Crippen LogP) is 2.88. The van der Waals surface area contributed by atoms with Crippen molar-refractivity contribution in [2.24, 2.45) is 7.05 Å². The fraction of sp³-hybridized carbons (Fsp3) is 0.167. The minimum absolute atomic E-state index is 0.464. The molecule has 1 aromatic carbocycles. The Hall–Kier alpha value is -1.82. The van der Waals surface area contributed by atoms with E-state index in [-0.39, 0.29) is 0 Å². The molecule has 0 unspecified atom stereocenters. The van der Waals surface area contributed by atoms with Crippen molar-refractivity contribution in [3.63, 3.8) is 0 Å². The van der Waals surface area contributed by atoms with Crippen molar-refractivity contribution in [1.29, 1.82) is 0 Å². The number of halogens is 1. The van der Waals surface area contributed by atoms with Crippen molar-refractivity contribution in [2.45, 2.75) is 6.92 Å². The second kappa shape index (κ2) is 3.84. The Bertz CT molecular complexity index is 744. The first kappa shape index (κ1) is 11.3. The highest BCUT2D eigenvalue weighted by atomic mass is 79.9. The van der Waals surface area contributed by atoms with Crippen LogP contribution in [0.1, 0.15) is 5.89 Å². The van der Waals surface area contributed by atoms with E-state index < -0.39 is 0 Å². The number of hydrogen-bond acceptors (Lipinski definition) is 4. The maximum Gasteiger partial charge on any atom is 0.201 e. The van der Waals surface area contributed by atoms with E-state index in [1.54, 1.807) is 4.57 Å². The molecule has 2 N–H and O–H groups in total. The molecule has 0 aliphatic heterocycles. The highest BCUT2D eigenvalue weighted by Gasteiger charge is 2.13. The summed E-state index contributed by atoms with van der Waals surface area (Å²) >= 11 is 3.48. The SMILES string of the molecule is Cc1nc2ccc(-c3nc(N)n(C)c3Br)cc2o1. The van der Waals surface area contributed by atoms with Gasteiger partial charge in [-0.05, 0) is 28.1 Å². The van der Waals surface area contributed by atoms with E-state index in [1.807, 2.05) is 32.2 Å². The van der Waals surface area contributed by atoms with Crippen LogP contribution >= 0.6 is 15.9 Å². The van der Waals surface area contributed by atoms with Crippen LogP contribution in [-0.2, 0) is 7.05 Å². The molecule has 0 amide bonds. The van der Waals surface area contributed by atoms with E-state index in [4.69, 9.17) is 10.2 Å². The monoisotopic (exact) mass is 306 g/mol. The maximum atomic E-state index is 5.78. The number of anilines is 1. The number of oxazole rings is 1. The fourth-order valence-corrected chi connectivity index (χ4v) is 2.37. The molecule has 0 atom stereocenters. The normalized spacial score (nSPS) is 11.3. The molecule has 3 aromatic rings. The summed E-state index contributed by atoms with van der Waals surface area (Å²) in [5.74, 6) is 1.12.